The summed E-state index contributed by atoms with van der Waals surface area (Å²) in [6, 6.07) is 16.7. The average Bonchev–Trinajstić information content (AvgIpc) is 2.81. The van der Waals surface area contributed by atoms with E-state index in [0.717, 1.165) is 21.6 Å². The molecule has 0 atom stereocenters. The first-order chi connectivity index (χ1) is 16.7. The van der Waals surface area contributed by atoms with Crippen molar-refractivity contribution in [3.05, 3.63) is 93.5 Å². The normalized spacial score (nSPS) is 14.8. The number of carbonyl (C=O) groups excluding carboxylic acids is 3. The summed E-state index contributed by atoms with van der Waals surface area (Å²) in [5, 5.41) is 2.53. The molecular formula is C27H23ClN2O5. The van der Waals surface area contributed by atoms with Gasteiger partial charge in [0.15, 0.2) is 0 Å². The van der Waals surface area contributed by atoms with Gasteiger partial charge in [-0.05, 0) is 67.4 Å². The molecule has 35 heavy (non-hydrogen) atoms. The number of ether oxygens (including phenoxy) is 2. The van der Waals surface area contributed by atoms with Crippen molar-refractivity contribution in [2.45, 2.75) is 20.5 Å². The molecule has 1 saturated heterocycles. The maximum absolute atomic E-state index is 13.1. The van der Waals surface area contributed by atoms with Gasteiger partial charge in [-0.25, -0.2) is 9.69 Å². The van der Waals surface area contributed by atoms with Gasteiger partial charge in [-0.15, -0.1) is 0 Å². The van der Waals surface area contributed by atoms with Crippen LogP contribution >= 0.6 is 11.6 Å². The second-order valence-electron chi connectivity index (χ2n) is 8.13. The molecule has 4 rings (SSSR count). The lowest BCUT2D eigenvalue weighted by atomic mass is 10.1. The van der Waals surface area contributed by atoms with Gasteiger partial charge in [0, 0.05) is 0 Å². The number of halogens is 1. The summed E-state index contributed by atoms with van der Waals surface area (Å²) < 4.78 is 11.0. The molecule has 4 amide bonds. The smallest absolute Gasteiger partial charge is 0.335 e. The zero-order chi connectivity index (χ0) is 25.1. The van der Waals surface area contributed by atoms with Crippen molar-refractivity contribution >= 4 is 41.2 Å². The topological polar surface area (TPSA) is 84.9 Å². The van der Waals surface area contributed by atoms with Crippen LogP contribution in [0.25, 0.3) is 6.08 Å². The number of urea groups is 1. The van der Waals surface area contributed by atoms with Crippen molar-refractivity contribution in [2.75, 3.05) is 12.0 Å². The Hall–Kier alpha value is -4.10. The number of anilines is 1. The van der Waals surface area contributed by atoms with Gasteiger partial charge in [0.2, 0.25) is 0 Å². The predicted octanol–water partition coefficient (Wildman–Crippen LogP) is 5.21. The van der Waals surface area contributed by atoms with Gasteiger partial charge in [-0.1, -0.05) is 47.0 Å². The average molecular weight is 491 g/mol. The Balaban J connectivity index is 1.55. The summed E-state index contributed by atoms with van der Waals surface area (Å²) in [4.78, 5) is 38.8. The van der Waals surface area contributed by atoms with Crippen molar-refractivity contribution in [2.24, 2.45) is 0 Å². The molecule has 0 aromatic heterocycles. The third kappa shape index (κ3) is 5.36. The van der Waals surface area contributed by atoms with Crippen LogP contribution in [-0.4, -0.2) is 25.0 Å². The first kappa shape index (κ1) is 24.0. The Bertz CT molecular complexity index is 1330. The molecule has 0 saturated carbocycles. The molecule has 1 fully saturated rings. The third-order valence-corrected chi connectivity index (χ3v) is 5.67. The minimum absolute atomic E-state index is 0.194. The van der Waals surface area contributed by atoms with Crippen molar-refractivity contribution in [3.8, 4) is 11.5 Å². The van der Waals surface area contributed by atoms with E-state index < -0.39 is 17.8 Å². The molecule has 0 aliphatic carbocycles. The molecule has 1 N–H and O–H groups in total. The maximum atomic E-state index is 13.1. The van der Waals surface area contributed by atoms with Crippen LogP contribution in [0.5, 0.6) is 11.5 Å². The lowest BCUT2D eigenvalue weighted by molar-refractivity contribution is -0.122. The number of aryl methyl sites for hydroxylation is 2. The molecule has 0 unspecified atom stereocenters. The second kappa shape index (κ2) is 10.0. The monoisotopic (exact) mass is 490 g/mol. The Morgan fingerprint density at radius 1 is 0.943 bits per heavy atom. The molecule has 178 valence electrons. The van der Waals surface area contributed by atoms with Gasteiger partial charge in [0.1, 0.15) is 23.7 Å². The second-order valence-corrected chi connectivity index (χ2v) is 8.54. The fraction of sp³-hybridized carbons (Fsp3) is 0.148. The number of imide groups is 2. The molecule has 1 aliphatic heterocycles. The standard InChI is InChI=1S/C27H23ClN2O5/c1-16-10-17(2)12-19(11-16)15-35-24-9-4-18(14-23(24)28)13-22-25(31)29-27(33)30(26(22)32)20-5-7-21(34-3)8-6-20/h4-14H,15H2,1-3H3,(H,29,31,33)/b22-13+. The van der Waals surface area contributed by atoms with Crippen LogP contribution in [0.15, 0.2) is 66.2 Å². The van der Waals surface area contributed by atoms with Gasteiger partial charge in [0.25, 0.3) is 11.8 Å². The van der Waals surface area contributed by atoms with Crippen LogP contribution < -0.4 is 19.7 Å². The Morgan fingerprint density at radius 2 is 1.63 bits per heavy atom. The van der Waals surface area contributed by atoms with E-state index in [-0.39, 0.29) is 5.57 Å². The number of amides is 4. The molecular weight excluding hydrogens is 468 g/mol. The van der Waals surface area contributed by atoms with E-state index in [2.05, 4.69) is 11.4 Å². The van der Waals surface area contributed by atoms with E-state index in [1.165, 1.54) is 13.2 Å². The number of benzene rings is 3. The number of carbonyl (C=O) groups is 3. The van der Waals surface area contributed by atoms with Gasteiger partial charge in [-0.3, -0.25) is 14.9 Å². The van der Waals surface area contributed by atoms with Crippen LogP contribution in [0.3, 0.4) is 0 Å². The first-order valence-electron chi connectivity index (χ1n) is 10.8. The van der Waals surface area contributed by atoms with E-state index in [0.29, 0.717) is 34.4 Å². The van der Waals surface area contributed by atoms with Crippen LogP contribution in [0.4, 0.5) is 10.5 Å². The van der Waals surface area contributed by atoms with Crippen molar-refractivity contribution in [3.63, 3.8) is 0 Å². The summed E-state index contributed by atoms with van der Waals surface area (Å²) in [5.74, 6) is -0.478. The molecule has 1 heterocycles. The van der Waals surface area contributed by atoms with Gasteiger partial charge < -0.3 is 9.47 Å². The van der Waals surface area contributed by atoms with Crippen LogP contribution in [0.2, 0.25) is 5.02 Å². The van der Waals surface area contributed by atoms with Crippen molar-refractivity contribution in [1.29, 1.82) is 0 Å². The summed E-state index contributed by atoms with van der Waals surface area (Å²) in [6.45, 7) is 4.40. The lowest BCUT2D eigenvalue weighted by Crippen LogP contribution is -2.54. The van der Waals surface area contributed by atoms with Crippen LogP contribution in [-0.2, 0) is 16.2 Å². The largest absolute Gasteiger partial charge is 0.497 e. The number of barbiturate groups is 1. The minimum Gasteiger partial charge on any atom is -0.497 e. The maximum Gasteiger partial charge on any atom is 0.335 e. The number of methoxy groups -OCH3 is 1. The third-order valence-electron chi connectivity index (χ3n) is 5.38. The molecule has 7 nitrogen and oxygen atoms in total. The molecule has 3 aromatic carbocycles. The summed E-state index contributed by atoms with van der Waals surface area (Å²) in [6.07, 6.45) is 1.39. The van der Waals surface area contributed by atoms with E-state index in [9.17, 15) is 14.4 Å². The highest BCUT2D eigenvalue weighted by Gasteiger charge is 2.36. The molecule has 1 aliphatic rings. The number of nitrogens with one attached hydrogen (secondary N) is 1. The zero-order valence-corrected chi connectivity index (χ0v) is 20.2. The summed E-state index contributed by atoms with van der Waals surface area (Å²) in [5.41, 5.74) is 3.94. The van der Waals surface area contributed by atoms with Crippen molar-refractivity contribution in [1.82, 2.24) is 5.32 Å². The SMILES string of the molecule is COc1ccc(N2C(=O)NC(=O)/C(=C\c3ccc(OCc4cc(C)cc(C)c4)c(Cl)c3)C2=O)cc1. The minimum atomic E-state index is -0.824. The van der Waals surface area contributed by atoms with Crippen LogP contribution in [0, 0.1) is 13.8 Å². The van der Waals surface area contributed by atoms with E-state index in [1.54, 1.807) is 42.5 Å². The number of nitrogens with zero attached hydrogens (tertiary/aromatic N) is 1. The Morgan fingerprint density at radius 3 is 2.26 bits per heavy atom. The molecule has 8 heteroatoms. The fourth-order valence-corrected chi connectivity index (χ4v) is 4.07. The van der Waals surface area contributed by atoms with E-state index in [1.807, 2.05) is 26.0 Å². The zero-order valence-electron chi connectivity index (χ0n) is 19.4. The highest BCUT2D eigenvalue weighted by Crippen LogP contribution is 2.29. The van der Waals surface area contributed by atoms with E-state index >= 15 is 0 Å². The summed E-state index contributed by atoms with van der Waals surface area (Å²) >= 11 is 6.41. The molecule has 0 radical (unpaired) electrons. The highest BCUT2D eigenvalue weighted by molar-refractivity contribution is 6.39. The number of hydrogen-bond donors (Lipinski definition) is 1. The first-order valence-corrected chi connectivity index (χ1v) is 11.2. The van der Waals surface area contributed by atoms with Gasteiger partial charge in [0.05, 0.1) is 17.8 Å². The Kier molecular flexibility index (Phi) is 6.89. The van der Waals surface area contributed by atoms with Gasteiger partial charge >= 0.3 is 6.03 Å². The Labute approximate surface area is 207 Å². The van der Waals surface area contributed by atoms with Gasteiger partial charge in [-0.2, -0.15) is 0 Å². The number of rotatable bonds is 6. The van der Waals surface area contributed by atoms with E-state index in [4.69, 9.17) is 21.1 Å². The quantitative estimate of drug-likeness (QED) is 0.378. The lowest BCUT2D eigenvalue weighted by Gasteiger charge is -2.26. The molecule has 3 aromatic rings. The number of hydrogen-bond acceptors (Lipinski definition) is 5. The molecule has 0 bridgehead atoms. The predicted molar refractivity (Wildman–Crippen MR) is 134 cm³/mol. The fourth-order valence-electron chi connectivity index (χ4n) is 3.83. The van der Waals surface area contributed by atoms with Crippen LogP contribution in [0.1, 0.15) is 22.3 Å². The van der Waals surface area contributed by atoms with Crippen molar-refractivity contribution < 1.29 is 23.9 Å². The molecule has 0 spiro atoms. The summed E-state index contributed by atoms with van der Waals surface area (Å²) in [7, 11) is 1.51. The highest BCUT2D eigenvalue weighted by atomic mass is 35.5.